The van der Waals surface area contributed by atoms with Crippen molar-refractivity contribution in [3.8, 4) is 0 Å². The number of rotatable bonds is 0. The van der Waals surface area contributed by atoms with Gasteiger partial charge in [-0.2, -0.15) is 7.82 Å². The fourth-order valence-electron chi connectivity index (χ4n) is 0. The van der Waals surface area contributed by atoms with Crippen LogP contribution >= 0.6 is 7.82 Å². The van der Waals surface area contributed by atoms with Gasteiger partial charge < -0.3 is 19.2 Å². The topological polar surface area (TPSA) is 86.2 Å². The van der Waals surface area contributed by atoms with Gasteiger partial charge in [-0.15, -0.1) is 0 Å². The molecular weight excluding hydrogens is 392 g/mol. The van der Waals surface area contributed by atoms with Gasteiger partial charge in [-0.3, -0.25) is 0 Å². The molecule has 0 N–H and O–H groups in total. The maximum absolute atomic E-state index is 8.55. The molecule has 7 heavy (non-hydrogen) atoms. The summed E-state index contributed by atoms with van der Waals surface area (Å²) in [5.41, 5.74) is 0. The molecule has 4 nitrogen and oxygen atoms in total. The second kappa shape index (κ2) is 6.59. The van der Waals surface area contributed by atoms with Crippen molar-refractivity contribution in [3.63, 3.8) is 0 Å². The van der Waals surface area contributed by atoms with Crippen LogP contribution in [-0.2, 0) is 4.57 Å². The van der Waals surface area contributed by atoms with E-state index >= 15 is 0 Å². The van der Waals surface area contributed by atoms with Crippen LogP contribution in [0.2, 0.25) is 0 Å². The Morgan fingerprint density at radius 1 is 1.14 bits per heavy atom. The second-order valence-electron chi connectivity index (χ2n) is 0.447. The first-order valence-electron chi connectivity index (χ1n) is 0.730. The Morgan fingerprint density at radius 2 is 1.14 bits per heavy atom. The predicted molar refractivity (Wildman–Crippen MR) is 19.1 cm³/mol. The van der Waals surface area contributed by atoms with Gasteiger partial charge in [0.1, 0.15) is 0 Å². The number of hydrogen-bond acceptors (Lipinski definition) is 4. The smallest absolute Gasteiger partial charge is 0.822 e. The molecule has 0 fully saturated rings. The molecule has 0 aliphatic rings. The van der Waals surface area contributed by atoms with Crippen molar-refractivity contribution in [2.45, 2.75) is 0 Å². The predicted octanol–water partition coefficient (Wildman–Crippen LogP) is -3.59. The molecule has 34 valence electrons. The fourth-order valence-corrected chi connectivity index (χ4v) is 0. The summed E-state index contributed by atoms with van der Waals surface area (Å²) >= 11 is 0. The quantitative estimate of drug-likeness (QED) is 0.316. The summed E-state index contributed by atoms with van der Waals surface area (Å²) in [4.78, 5) is 25.6. The minimum atomic E-state index is -5.39. The van der Waals surface area contributed by atoms with E-state index in [4.69, 9.17) is 19.2 Å². The van der Waals surface area contributed by atoms with E-state index in [9.17, 15) is 0 Å². The maximum Gasteiger partial charge on any atom is 3.00 e. The Hall–Kier alpha value is 2.47. The van der Waals surface area contributed by atoms with Crippen LogP contribution in [0.1, 0.15) is 0 Å². The molecule has 0 aliphatic heterocycles. The van der Waals surface area contributed by atoms with Crippen LogP contribution in [0.15, 0.2) is 0 Å². The average molecular weight is 392 g/mol. The van der Waals surface area contributed by atoms with Crippen molar-refractivity contribution in [2.75, 3.05) is 0 Å². The standard InChI is InChI=1S/Bi.H3O4P.Sr/c;1-5(2,3)4;/h;(H3,1,2,3,4);/q+3;;+2/p-3. The van der Waals surface area contributed by atoms with Gasteiger partial charge in [-0.25, -0.2) is 0 Å². The normalized spacial score (nSPS) is 8.43. The molecule has 0 saturated carbocycles. The monoisotopic (exact) mass is 392 g/mol. The molecule has 0 saturated heterocycles. The molecular formula is BiO4PSr+2. The molecule has 0 atom stereocenters. The van der Waals surface area contributed by atoms with Crippen molar-refractivity contribution in [1.29, 1.82) is 0 Å². The molecule has 0 rings (SSSR count). The summed E-state index contributed by atoms with van der Waals surface area (Å²) < 4.78 is 8.55. The average Bonchev–Trinajstić information content (AvgIpc) is 0.722. The van der Waals surface area contributed by atoms with E-state index in [-0.39, 0.29) is 71.7 Å². The van der Waals surface area contributed by atoms with E-state index in [1.54, 1.807) is 0 Å². The van der Waals surface area contributed by atoms with E-state index in [2.05, 4.69) is 0 Å². The van der Waals surface area contributed by atoms with Gasteiger partial charge in [0.05, 0.1) is 0 Å². The van der Waals surface area contributed by atoms with E-state index in [1.807, 2.05) is 0 Å². The molecule has 0 amide bonds. The van der Waals surface area contributed by atoms with Gasteiger partial charge in [-0.1, -0.05) is 0 Å². The summed E-state index contributed by atoms with van der Waals surface area (Å²) in [5.74, 6) is 0. The Bertz CT molecular complexity index is 57.8. The van der Waals surface area contributed by atoms with Crippen molar-refractivity contribution in [3.05, 3.63) is 0 Å². The van der Waals surface area contributed by atoms with Gasteiger partial charge in [-0.05, 0) is 0 Å². The Balaban J connectivity index is -0.0000000800. The minimum absolute atomic E-state index is 0. The molecule has 0 spiro atoms. The third-order valence-corrected chi connectivity index (χ3v) is 0. The van der Waals surface area contributed by atoms with E-state index < -0.39 is 7.82 Å². The van der Waals surface area contributed by atoms with Crippen LogP contribution < -0.4 is 14.7 Å². The first kappa shape index (κ1) is 16.2. The van der Waals surface area contributed by atoms with E-state index in [0.717, 1.165) is 0 Å². The van der Waals surface area contributed by atoms with Crippen molar-refractivity contribution < 1.29 is 19.2 Å². The molecule has 0 aromatic heterocycles. The molecule has 0 aromatic carbocycles. The van der Waals surface area contributed by atoms with Crippen LogP contribution in [-0.4, -0.2) is 71.7 Å². The summed E-state index contributed by atoms with van der Waals surface area (Å²) in [5, 5.41) is 0. The van der Waals surface area contributed by atoms with E-state index in [0.29, 0.717) is 0 Å². The molecule has 7 heteroatoms. The Morgan fingerprint density at radius 3 is 1.14 bits per heavy atom. The van der Waals surface area contributed by atoms with Gasteiger partial charge in [0.2, 0.25) is 0 Å². The molecule has 0 heterocycles. The van der Waals surface area contributed by atoms with Gasteiger partial charge >= 0.3 is 71.7 Å². The fraction of sp³-hybridized carbons (Fsp3) is 0. The first-order chi connectivity index (χ1) is 2.00. The Kier molecular flexibility index (Phi) is 15.3. The van der Waals surface area contributed by atoms with Gasteiger partial charge in [0.25, 0.3) is 0 Å². The van der Waals surface area contributed by atoms with Crippen LogP contribution in [0.3, 0.4) is 0 Å². The summed E-state index contributed by atoms with van der Waals surface area (Å²) in [6.45, 7) is 0. The largest absolute Gasteiger partial charge is 3.00 e. The first-order valence-corrected chi connectivity index (χ1v) is 2.19. The van der Waals surface area contributed by atoms with Crippen molar-refractivity contribution in [1.82, 2.24) is 0 Å². The Labute approximate surface area is 96.9 Å². The molecule has 0 aliphatic carbocycles. The maximum atomic E-state index is 8.55. The summed E-state index contributed by atoms with van der Waals surface area (Å²) in [7, 11) is -5.39. The molecule has 0 unspecified atom stereocenters. The van der Waals surface area contributed by atoms with Crippen molar-refractivity contribution >= 4 is 79.5 Å². The SMILES string of the molecule is O=P([O-])([O-])[O-].[Bi+3].[Sr+2]. The van der Waals surface area contributed by atoms with Gasteiger partial charge in [0.15, 0.2) is 0 Å². The molecule has 2 radical (unpaired) electrons. The number of phosphoric acid groups is 1. The van der Waals surface area contributed by atoms with E-state index in [1.165, 1.54) is 0 Å². The van der Waals surface area contributed by atoms with Crippen LogP contribution in [0.4, 0.5) is 0 Å². The summed E-state index contributed by atoms with van der Waals surface area (Å²) in [6, 6.07) is 0. The van der Waals surface area contributed by atoms with Crippen LogP contribution in [0.25, 0.3) is 0 Å². The third-order valence-electron chi connectivity index (χ3n) is 0. The zero-order valence-electron chi connectivity index (χ0n) is 3.23. The number of hydrogen-bond donors (Lipinski definition) is 0. The van der Waals surface area contributed by atoms with Crippen LogP contribution in [0.5, 0.6) is 0 Å². The zero-order valence-corrected chi connectivity index (χ0v) is 11.1. The van der Waals surface area contributed by atoms with Crippen LogP contribution in [0, 0.1) is 0 Å². The molecule has 0 aromatic rings. The van der Waals surface area contributed by atoms with Crippen molar-refractivity contribution in [2.24, 2.45) is 0 Å². The summed E-state index contributed by atoms with van der Waals surface area (Å²) in [6.07, 6.45) is 0. The zero-order chi connectivity index (χ0) is 4.50. The van der Waals surface area contributed by atoms with Gasteiger partial charge in [0, 0.05) is 0 Å². The minimum Gasteiger partial charge on any atom is -0.822 e. The second-order valence-corrected chi connectivity index (χ2v) is 1.34. The third kappa shape index (κ3) is 58.0. The molecule has 0 bridgehead atoms.